The molecule has 0 aliphatic rings. The third-order valence-corrected chi connectivity index (χ3v) is 5.00. The molecule has 0 amide bonds. The molecule has 11 heteroatoms. The number of nitriles is 1. The van der Waals surface area contributed by atoms with E-state index >= 15 is 4.39 Å². The van der Waals surface area contributed by atoms with Gasteiger partial charge in [-0.2, -0.15) is 10.4 Å². The van der Waals surface area contributed by atoms with Crippen molar-refractivity contribution in [3.05, 3.63) is 69.4 Å². The fraction of sp³-hybridized carbons (Fsp3) is 0.100. The zero-order valence-electron chi connectivity index (χ0n) is 16.4. The van der Waals surface area contributed by atoms with Crippen LogP contribution in [0.1, 0.15) is 17.0 Å². The Kier molecular flexibility index (Phi) is 5.68. The van der Waals surface area contributed by atoms with E-state index < -0.39 is 5.82 Å². The molecule has 4 rings (SSSR count). The van der Waals surface area contributed by atoms with Gasteiger partial charge in [-0.05, 0) is 29.7 Å². The van der Waals surface area contributed by atoms with Crippen LogP contribution in [0.4, 0.5) is 4.39 Å². The Bertz CT molecular complexity index is 1310. The van der Waals surface area contributed by atoms with Crippen molar-refractivity contribution in [1.82, 2.24) is 20.0 Å². The van der Waals surface area contributed by atoms with Crippen molar-refractivity contribution in [1.29, 1.82) is 5.26 Å². The van der Waals surface area contributed by atoms with Gasteiger partial charge in [-0.1, -0.05) is 29.3 Å². The highest BCUT2D eigenvalue weighted by Gasteiger charge is 2.19. The summed E-state index contributed by atoms with van der Waals surface area (Å²) in [6.45, 7) is 0. The largest absolute Gasteiger partial charge is 0.453 e. The average Bonchev–Trinajstić information content (AvgIpc) is 3.32. The lowest BCUT2D eigenvalue weighted by molar-refractivity contribution is 0.437. The van der Waals surface area contributed by atoms with Crippen molar-refractivity contribution < 1.29 is 13.5 Å². The molecule has 0 bridgehead atoms. The predicted molar refractivity (Wildman–Crippen MR) is 115 cm³/mol. The molecule has 0 aliphatic carbocycles. The molecule has 0 radical (unpaired) electrons. The Balaban J connectivity index is 1.63. The Morgan fingerprint density at radius 3 is 2.77 bits per heavy atom. The van der Waals surface area contributed by atoms with E-state index in [0.29, 0.717) is 11.6 Å². The van der Waals surface area contributed by atoms with Crippen LogP contribution >= 0.6 is 23.2 Å². The molecule has 0 N–H and O–H groups in total. The maximum atomic E-state index is 15.2. The van der Waals surface area contributed by atoms with Gasteiger partial charge in [-0.25, -0.2) is 4.39 Å². The first-order valence-corrected chi connectivity index (χ1v) is 9.78. The third kappa shape index (κ3) is 4.26. The Labute approximate surface area is 187 Å². The molecule has 0 aliphatic heterocycles. The molecular weight excluding hydrogens is 443 g/mol. The van der Waals surface area contributed by atoms with Gasteiger partial charge in [0.15, 0.2) is 11.6 Å². The molecule has 0 atom stereocenters. The highest BCUT2D eigenvalue weighted by Crippen LogP contribution is 2.36. The van der Waals surface area contributed by atoms with Crippen LogP contribution < -0.4 is 10.2 Å². The van der Waals surface area contributed by atoms with E-state index in [4.69, 9.17) is 37.6 Å². The number of benzene rings is 2. The summed E-state index contributed by atoms with van der Waals surface area (Å²) in [7, 11) is 3.64. The van der Waals surface area contributed by atoms with Crippen LogP contribution in [0.3, 0.4) is 0 Å². The van der Waals surface area contributed by atoms with E-state index in [-0.39, 0.29) is 45.0 Å². The molecule has 2 heterocycles. The Hall–Kier alpha value is -3.35. The first kappa shape index (κ1) is 20.9. The molecule has 154 valence electrons. The Morgan fingerprint density at radius 2 is 2.06 bits per heavy atom. The van der Waals surface area contributed by atoms with Gasteiger partial charge in [0.05, 0.1) is 23.1 Å². The maximum absolute atomic E-state index is 15.2. The number of hydrogen-bond acceptors (Lipinski definition) is 6. The number of rotatable bonds is 5. The minimum absolute atomic E-state index is 0.0300. The smallest absolute Gasteiger partial charge is 0.265 e. The number of hydrogen-bond donors (Lipinski definition) is 0. The number of aromatic nitrogens is 4. The molecule has 0 fully saturated rings. The van der Waals surface area contributed by atoms with Gasteiger partial charge < -0.3 is 9.15 Å². The summed E-state index contributed by atoms with van der Waals surface area (Å²) in [5, 5.41) is 21.6. The zero-order valence-corrected chi connectivity index (χ0v) is 17.9. The lowest BCUT2D eigenvalue weighted by Gasteiger charge is -2.11. The Morgan fingerprint density at radius 1 is 1.26 bits per heavy atom. The molecular formula is C20H13BCl2FN5O2. The van der Waals surface area contributed by atoms with E-state index in [1.165, 1.54) is 30.3 Å². The average molecular weight is 456 g/mol. The lowest BCUT2D eigenvalue weighted by Crippen LogP contribution is -2.05. The fourth-order valence-electron chi connectivity index (χ4n) is 3.05. The minimum atomic E-state index is -0.678. The van der Waals surface area contributed by atoms with Crippen LogP contribution in [-0.4, -0.2) is 27.8 Å². The van der Waals surface area contributed by atoms with Gasteiger partial charge in [-0.3, -0.25) is 4.68 Å². The van der Waals surface area contributed by atoms with Crippen molar-refractivity contribution in [2.45, 2.75) is 6.42 Å². The van der Waals surface area contributed by atoms with Crippen molar-refractivity contribution in [2.24, 2.45) is 7.05 Å². The van der Waals surface area contributed by atoms with Crippen LogP contribution in [0.5, 0.6) is 11.5 Å². The molecule has 31 heavy (non-hydrogen) atoms. The molecule has 0 saturated carbocycles. The third-order valence-electron chi connectivity index (χ3n) is 4.48. The second-order valence-corrected chi connectivity index (χ2v) is 7.56. The standard InChI is InChI=1S/C20H13BCl2FN5O2/c1-29-18(14(21)9-26-29)20-28-27-16(31-20)6-11-2-3-15(23)19(17(11)24)30-13-5-10(8-25)4-12(22)7-13/h2-5,7,9H,6,21H2,1H3. The van der Waals surface area contributed by atoms with E-state index in [9.17, 15) is 0 Å². The topological polar surface area (TPSA) is 89.8 Å². The van der Waals surface area contributed by atoms with Gasteiger partial charge in [-0.15, -0.1) is 10.2 Å². The van der Waals surface area contributed by atoms with Crippen LogP contribution in [0.15, 0.2) is 40.9 Å². The zero-order chi connectivity index (χ0) is 22.1. The summed E-state index contributed by atoms with van der Waals surface area (Å²) in [6, 6.07) is 9.36. The monoisotopic (exact) mass is 455 g/mol. The van der Waals surface area contributed by atoms with Gasteiger partial charge in [0.25, 0.3) is 5.89 Å². The quantitative estimate of drug-likeness (QED) is 0.428. The predicted octanol–water partition coefficient (Wildman–Crippen LogP) is 3.43. The fourth-order valence-corrected chi connectivity index (χ4v) is 3.46. The van der Waals surface area contributed by atoms with Gasteiger partial charge >= 0.3 is 0 Å². The van der Waals surface area contributed by atoms with Crippen molar-refractivity contribution in [3.8, 4) is 29.2 Å². The van der Waals surface area contributed by atoms with E-state index in [1.807, 2.05) is 13.9 Å². The summed E-state index contributed by atoms with van der Waals surface area (Å²) in [5.41, 5.74) is 2.09. The summed E-state index contributed by atoms with van der Waals surface area (Å²) in [4.78, 5) is 0. The van der Waals surface area contributed by atoms with Crippen LogP contribution in [0.2, 0.25) is 10.0 Å². The summed E-state index contributed by atoms with van der Waals surface area (Å²) in [6.07, 6.45) is 1.72. The van der Waals surface area contributed by atoms with Crippen molar-refractivity contribution in [2.75, 3.05) is 0 Å². The normalized spacial score (nSPS) is 10.8. The highest BCUT2D eigenvalue weighted by atomic mass is 35.5. The molecule has 0 saturated heterocycles. The van der Waals surface area contributed by atoms with Gasteiger partial charge in [0.1, 0.15) is 19.3 Å². The molecule has 7 nitrogen and oxygen atoms in total. The second kappa shape index (κ2) is 8.42. The second-order valence-electron chi connectivity index (χ2n) is 6.72. The van der Waals surface area contributed by atoms with Crippen LogP contribution in [-0.2, 0) is 13.5 Å². The number of nitrogens with zero attached hydrogens (tertiary/aromatic N) is 5. The van der Waals surface area contributed by atoms with Crippen LogP contribution in [0, 0.1) is 17.1 Å². The first-order valence-electron chi connectivity index (χ1n) is 9.02. The summed E-state index contributed by atoms with van der Waals surface area (Å²) >= 11 is 12.1. The van der Waals surface area contributed by atoms with E-state index in [0.717, 1.165) is 5.46 Å². The number of ether oxygens (including phenoxy) is 1. The maximum Gasteiger partial charge on any atom is 0.265 e. The van der Waals surface area contributed by atoms with E-state index in [2.05, 4.69) is 15.3 Å². The van der Waals surface area contributed by atoms with Gasteiger partial charge in [0, 0.05) is 23.8 Å². The van der Waals surface area contributed by atoms with Crippen molar-refractivity contribution >= 4 is 36.5 Å². The molecule has 0 unspecified atom stereocenters. The SMILES string of the molecule is Bc1cnn(C)c1-c1nnc(Cc2ccc(Cl)c(Oc3cc(Cl)cc(C#N)c3)c2F)o1. The lowest BCUT2D eigenvalue weighted by atomic mass is 9.97. The number of halogens is 3. The first-order chi connectivity index (χ1) is 14.9. The molecule has 0 spiro atoms. The van der Waals surface area contributed by atoms with Gasteiger partial charge in [0.2, 0.25) is 5.89 Å². The summed E-state index contributed by atoms with van der Waals surface area (Å²) < 4.78 is 28.1. The minimum Gasteiger partial charge on any atom is -0.453 e. The highest BCUT2D eigenvalue weighted by molar-refractivity contribution is 6.35. The summed E-state index contributed by atoms with van der Waals surface area (Å²) in [5.74, 6) is -0.164. The molecule has 2 aromatic heterocycles. The van der Waals surface area contributed by atoms with E-state index in [1.54, 1.807) is 17.9 Å². The van der Waals surface area contributed by atoms with Crippen LogP contribution in [0.25, 0.3) is 11.6 Å². The van der Waals surface area contributed by atoms with Crippen molar-refractivity contribution in [3.63, 3.8) is 0 Å². The number of aryl methyl sites for hydroxylation is 1. The molecule has 2 aromatic carbocycles. The molecule has 4 aromatic rings.